The first kappa shape index (κ1) is 19.7. The number of aryl methyl sites for hydroxylation is 1. The van der Waals surface area contributed by atoms with E-state index in [1.807, 2.05) is 48.0 Å². The van der Waals surface area contributed by atoms with E-state index in [2.05, 4.69) is 15.7 Å². The number of thiophene rings is 1. The quantitative estimate of drug-likeness (QED) is 0.494. The predicted octanol–water partition coefficient (Wildman–Crippen LogP) is 4.61. The van der Waals surface area contributed by atoms with E-state index in [1.165, 1.54) is 25.4 Å². The fraction of sp³-hybridized carbons (Fsp3) is 0.136. The number of para-hydroxylation sites is 1. The van der Waals surface area contributed by atoms with E-state index in [4.69, 9.17) is 4.74 Å². The van der Waals surface area contributed by atoms with E-state index in [9.17, 15) is 9.59 Å². The second kappa shape index (κ2) is 8.00. The number of amides is 2. The molecule has 2 aromatic heterocycles. The molecule has 2 amide bonds. The van der Waals surface area contributed by atoms with Gasteiger partial charge in [0, 0.05) is 18.0 Å². The van der Waals surface area contributed by atoms with E-state index < -0.39 is 0 Å². The highest BCUT2D eigenvalue weighted by Gasteiger charge is 2.18. The van der Waals surface area contributed by atoms with Crippen LogP contribution in [-0.4, -0.2) is 28.7 Å². The molecule has 0 fully saturated rings. The van der Waals surface area contributed by atoms with Gasteiger partial charge in [0.15, 0.2) is 0 Å². The molecule has 0 aliphatic carbocycles. The molecule has 0 saturated heterocycles. The molecule has 0 unspecified atom stereocenters. The van der Waals surface area contributed by atoms with Crippen LogP contribution in [0, 0.1) is 6.92 Å². The minimum Gasteiger partial charge on any atom is -0.495 e. The molecule has 0 saturated carbocycles. The van der Waals surface area contributed by atoms with Gasteiger partial charge in [-0.2, -0.15) is 5.10 Å². The summed E-state index contributed by atoms with van der Waals surface area (Å²) in [6, 6.07) is 16.7. The average molecular weight is 420 g/mol. The van der Waals surface area contributed by atoms with Gasteiger partial charge in [-0.05, 0) is 43.3 Å². The summed E-state index contributed by atoms with van der Waals surface area (Å²) in [6.07, 6.45) is 0. The van der Waals surface area contributed by atoms with Gasteiger partial charge in [0.05, 0.1) is 29.1 Å². The van der Waals surface area contributed by atoms with Gasteiger partial charge in [0.2, 0.25) is 5.91 Å². The molecule has 30 heavy (non-hydrogen) atoms. The number of nitrogens with one attached hydrogen (secondary N) is 2. The van der Waals surface area contributed by atoms with Crippen LogP contribution in [-0.2, 0) is 4.79 Å². The summed E-state index contributed by atoms with van der Waals surface area (Å²) in [6.45, 7) is 3.36. The maximum Gasteiger partial charge on any atom is 0.265 e. The molecule has 2 aromatic carbocycles. The minimum atomic E-state index is -0.256. The Morgan fingerprint density at radius 1 is 1.07 bits per heavy atom. The molecule has 8 heteroatoms. The molecule has 152 valence electrons. The first-order chi connectivity index (χ1) is 14.5. The van der Waals surface area contributed by atoms with Crippen LogP contribution < -0.4 is 15.4 Å². The van der Waals surface area contributed by atoms with Crippen LogP contribution in [0.1, 0.15) is 22.3 Å². The monoisotopic (exact) mass is 420 g/mol. The number of fused-ring (bicyclic) bond motifs is 1. The molecule has 0 aliphatic heterocycles. The van der Waals surface area contributed by atoms with Gasteiger partial charge in [-0.25, -0.2) is 4.68 Å². The highest BCUT2D eigenvalue weighted by Crippen LogP contribution is 2.32. The van der Waals surface area contributed by atoms with Crippen LogP contribution in [0.15, 0.2) is 54.6 Å². The van der Waals surface area contributed by atoms with Gasteiger partial charge in [0.1, 0.15) is 10.6 Å². The SMILES string of the molecule is COc1ccc(NC(C)=O)cc1NC(=O)c1cc2c(C)nn(-c3ccccc3)c2s1. The van der Waals surface area contributed by atoms with Crippen LogP contribution >= 0.6 is 11.3 Å². The van der Waals surface area contributed by atoms with Crippen molar-refractivity contribution in [1.82, 2.24) is 9.78 Å². The number of anilines is 2. The van der Waals surface area contributed by atoms with Crippen LogP contribution in [0.4, 0.5) is 11.4 Å². The summed E-state index contributed by atoms with van der Waals surface area (Å²) < 4.78 is 7.20. The zero-order valence-corrected chi connectivity index (χ0v) is 17.5. The summed E-state index contributed by atoms with van der Waals surface area (Å²) >= 11 is 1.37. The molecule has 7 nitrogen and oxygen atoms in total. The Balaban J connectivity index is 1.67. The first-order valence-corrected chi connectivity index (χ1v) is 10.1. The maximum absolute atomic E-state index is 13.0. The Morgan fingerprint density at radius 2 is 1.83 bits per heavy atom. The number of aromatic nitrogens is 2. The molecule has 2 heterocycles. The number of carbonyl (C=O) groups excluding carboxylic acids is 2. The van der Waals surface area contributed by atoms with Crippen molar-refractivity contribution in [3.63, 3.8) is 0 Å². The molecule has 0 spiro atoms. The van der Waals surface area contributed by atoms with Crippen molar-refractivity contribution < 1.29 is 14.3 Å². The topological polar surface area (TPSA) is 85.2 Å². The van der Waals surface area contributed by atoms with Crippen molar-refractivity contribution in [3.05, 3.63) is 65.2 Å². The third-order valence-corrected chi connectivity index (χ3v) is 5.65. The molecule has 2 N–H and O–H groups in total. The predicted molar refractivity (Wildman–Crippen MR) is 119 cm³/mol. The summed E-state index contributed by atoms with van der Waals surface area (Å²) in [5.74, 6) is 0.0570. The van der Waals surface area contributed by atoms with Crippen molar-refractivity contribution in [2.75, 3.05) is 17.7 Å². The second-order valence-corrected chi connectivity index (χ2v) is 7.74. The summed E-state index contributed by atoms with van der Waals surface area (Å²) in [5, 5.41) is 11.1. The lowest BCUT2D eigenvalue weighted by Crippen LogP contribution is -2.12. The summed E-state index contributed by atoms with van der Waals surface area (Å²) in [7, 11) is 1.53. The Morgan fingerprint density at radius 3 is 2.53 bits per heavy atom. The second-order valence-electron chi connectivity index (χ2n) is 6.71. The molecule has 4 aromatic rings. The van der Waals surface area contributed by atoms with E-state index >= 15 is 0 Å². The van der Waals surface area contributed by atoms with Gasteiger partial charge < -0.3 is 15.4 Å². The third-order valence-electron chi connectivity index (χ3n) is 4.54. The number of benzene rings is 2. The highest BCUT2D eigenvalue weighted by molar-refractivity contribution is 7.20. The van der Waals surface area contributed by atoms with Crippen molar-refractivity contribution >= 4 is 44.7 Å². The standard InChI is InChI=1S/C22H20N4O3S/c1-13-17-12-20(30-22(17)26(25-13)16-7-5-4-6-8-16)21(28)24-18-11-15(23-14(2)27)9-10-19(18)29-3/h4-12H,1-3H3,(H,23,27)(H,24,28). The Bertz CT molecular complexity index is 1240. The number of ether oxygens (including phenoxy) is 1. The number of hydrogen-bond donors (Lipinski definition) is 2. The number of nitrogens with zero attached hydrogens (tertiary/aromatic N) is 2. The van der Waals surface area contributed by atoms with E-state index in [1.54, 1.807) is 18.2 Å². The number of rotatable bonds is 5. The minimum absolute atomic E-state index is 0.192. The molecule has 0 atom stereocenters. The normalized spacial score (nSPS) is 10.8. The first-order valence-electron chi connectivity index (χ1n) is 9.28. The average Bonchev–Trinajstić information content (AvgIpc) is 3.29. The Labute approximate surface area is 177 Å². The van der Waals surface area contributed by atoms with Crippen molar-refractivity contribution in [3.8, 4) is 11.4 Å². The fourth-order valence-corrected chi connectivity index (χ4v) is 4.25. The Kier molecular flexibility index (Phi) is 5.24. The van der Waals surface area contributed by atoms with Gasteiger partial charge in [-0.1, -0.05) is 18.2 Å². The molecular weight excluding hydrogens is 400 g/mol. The van der Waals surface area contributed by atoms with Gasteiger partial charge in [0.25, 0.3) is 5.91 Å². The maximum atomic E-state index is 13.0. The fourth-order valence-electron chi connectivity index (χ4n) is 3.17. The largest absolute Gasteiger partial charge is 0.495 e. The lowest BCUT2D eigenvalue weighted by Gasteiger charge is -2.12. The van der Waals surface area contributed by atoms with Crippen molar-refractivity contribution in [2.24, 2.45) is 0 Å². The van der Waals surface area contributed by atoms with Crippen LogP contribution in [0.2, 0.25) is 0 Å². The van der Waals surface area contributed by atoms with Gasteiger partial charge >= 0.3 is 0 Å². The van der Waals surface area contributed by atoms with E-state index in [0.29, 0.717) is 22.0 Å². The smallest absolute Gasteiger partial charge is 0.265 e. The molecule has 4 rings (SSSR count). The zero-order valence-electron chi connectivity index (χ0n) is 16.7. The van der Waals surface area contributed by atoms with E-state index in [-0.39, 0.29) is 11.8 Å². The third kappa shape index (κ3) is 3.77. The lowest BCUT2D eigenvalue weighted by atomic mass is 10.2. The summed E-state index contributed by atoms with van der Waals surface area (Å²) in [4.78, 5) is 25.8. The Hall–Kier alpha value is -3.65. The van der Waals surface area contributed by atoms with Gasteiger partial charge in [-0.15, -0.1) is 11.3 Å². The molecule has 0 bridgehead atoms. The summed E-state index contributed by atoms with van der Waals surface area (Å²) in [5.41, 5.74) is 2.85. The van der Waals surface area contributed by atoms with Crippen LogP contribution in [0.5, 0.6) is 5.75 Å². The van der Waals surface area contributed by atoms with Gasteiger partial charge in [-0.3, -0.25) is 9.59 Å². The van der Waals surface area contributed by atoms with Crippen molar-refractivity contribution in [2.45, 2.75) is 13.8 Å². The number of hydrogen-bond acceptors (Lipinski definition) is 5. The molecular formula is C22H20N4O3S. The number of methoxy groups -OCH3 is 1. The zero-order chi connectivity index (χ0) is 21.3. The van der Waals surface area contributed by atoms with Crippen LogP contribution in [0.3, 0.4) is 0 Å². The highest BCUT2D eigenvalue weighted by atomic mass is 32.1. The number of carbonyl (C=O) groups is 2. The van der Waals surface area contributed by atoms with Crippen molar-refractivity contribution in [1.29, 1.82) is 0 Å². The van der Waals surface area contributed by atoms with Crippen LogP contribution in [0.25, 0.3) is 15.9 Å². The lowest BCUT2D eigenvalue weighted by molar-refractivity contribution is -0.114. The molecule has 0 radical (unpaired) electrons. The van der Waals surface area contributed by atoms with E-state index in [0.717, 1.165) is 21.6 Å². The molecule has 0 aliphatic rings.